The molecular weight excluding hydrogens is 342 g/mol. The minimum absolute atomic E-state index is 0.0214. The number of hydrogen-bond donors (Lipinski definition) is 0. The summed E-state index contributed by atoms with van der Waals surface area (Å²) in [5.41, 5.74) is 1.56. The van der Waals surface area contributed by atoms with Gasteiger partial charge in [-0.25, -0.2) is 5.01 Å². The van der Waals surface area contributed by atoms with Crippen LogP contribution in [0.15, 0.2) is 47.7 Å². The van der Waals surface area contributed by atoms with Crippen LogP contribution in [0.3, 0.4) is 0 Å². The standard InChI is InChI=1S/C20H23N5O2/c1-23-12-10-17(22-23)20(27)24-13-8-16(9-14-24)19(26)25-18(7-11-21-25)15-5-3-2-4-6-15/h2-6,10-12,16,18H,7-9,13-14H2,1H3. The second-order valence-corrected chi connectivity index (χ2v) is 7.08. The predicted octanol–water partition coefficient (Wildman–Crippen LogP) is 2.23. The Labute approximate surface area is 158 Å². The van der Waals surface area contributed by atoms with Gasteiger partial charge >= 0.3 is 0 Å². The van der Waals surface area contributed by atoms with Crippen molar-refractivity contribution in [2.45, 2.75) is 25.3 Å². The molecule has 0 spiro atoms. The summed E-state index contributed by atoms with van der Waals surface area (Å²) in [4.78, 5) is 27.3. The number of aryl methyl sites for hydroxylation is 1. The maximum atomic E-state index is 13.0. The highest BCUT2D eigenvalue weighted by molar-refractivity contribution is 5.92. The molecule has 1 fully saturated rings. The van der Waals surface area contributed by atoms with Crippen molar-refractivity contribution in [2.75, 3.05) is 13.1 Å². The second-order valence-electron chi connectivity index (χ2n) is 7.08. The van der Waals surface area contributed by atoms with E-state index in [2.05, 4.69) is 10.2 Å². The van der Waals surface area contributed by atoms with Gasteiger partial charge in [-0.05, 0) is 24.5 Å². The second kappa shape index (κ2) is 7.34. The van der Waals surface area contributed by atoms with E-state index in [0.717, 1.165) is 12.0 Å². The zero-order chi connectivity index (χ0) is 18.8. The van der Waals surface area contributed by atoms with Crippen molar-refractivity contribution >= 4 is 18.0 Å². The van der Waals surface area contributed by atoms with Gasteiger partial charge < -0.3 is 4.90 Å². The van der Waals surface area contributed by atoms with Gasteiger partial charge in [0, 0.05) is 44.9 Å². The summed E-state index contributed by atoms with van der Waals surface area (Å²) in [6.07, 6.45) is 5.64. The summed E-state index contributed by atoms with van der Waals surface area (Å²) in [6.45, 7) is 1.14. The summed E-state index contributed by atoms with van der Waals surface area (Å²) < 4.78 is 1.62. The fraction of sp³-hybridized carbons (Fsp3) is 0.400. The van der Waals surface area contributed by atoms with Crippen molar-refractivity contribution in [2.24, 2.45) is 18.1 Å². The number of benzene rings is 1. The lowest BCUT2D eigenvalue weighted by Gasteiger charge is -2.33. The molecule has 1 aromatic heterocycles. The quantitative estimate of drug-likeness (QED) is 0.837. The number of hydrazone groups is 1. The molecule has 0 saturated carbocycles. The summed E-state index contributed by atoms with van der Waals surface area (Å²) in [6, 6.07) is 11.7. The first kappa shape index (κ1) is 17.5. The van der Waals surface area contributed by atoms with Crippen molar-refractivity contribution in [1.82, 2.24) is 19.7 Å². The molecule has 0 aliphatic carbocycles. The van der Waals surface area contributed by atoms with Gasteiger partial charge in [0.05, 0.1) is 6.04 Å². The third-order valence-electron chi connectivity index (χ3n) is 5.30. The summed E-state index contributed by atoms with van der Waals surface area (Å²) in [5, 5.41) is 10.2. The lowest BCUT2D eigenvalue weighted by Crippen LogP contribution is -2.43. The molecule has 4 rings (SSSR count). The molecule has 1 atom stereocenters. The van der Waals surface area contributed by atoms with E-state index in [1.54, 1.807) is 33.9 Å². The highest BCUT2D eigenvalue weighted by Gasteiger charge is 2.35. The Hall–Kier alpha value is -2.96. The van der Waals surface area contributed by atoms with Gasteiger partial charge in [-0.2, -0.15) is 10.2 Å². The van der Waals surface area contributed by atoms with E-state index in [1.807, 2.05) is 36.5 Å². The zero-order valence-corrected chi connectivity index (χ0v) is 15.4. The fourth-order valence-electron chi connectivity index (χ4n) is 3.79. The van der Waals surface area contributed by atoms with Gasteiger partial charge in [-0.15, -0.1) is 0 Å². The molecule has 7 heteroatoms. The van der Waals surface area contributed by atoms with Crippen LogP contribution in [0, 0.1) is 5.92 Å². The van der Waals surface area contributed by atoms with Crippen molar-refractivity contribution in [3.8, 4) is 0 Å². The monoisotopic (exact) mass is 365 g/mol. The van der Waals surface area contributed by atoms with E-state index >= 15 is 0 Å². The normalized spacial score (nSPS) is 20.3. The largest absolute Gasteiger partial charge is 0.337 e. The van der Waals surface area contributed by atoms with Gasteiger partial charge in [-0.1, -0.05) is 30.3 Å². The summed E-state index contributed by atoms with van der Waals surface area (Å²) in [7, 11) is 1.79. The molecule has 1 aromatic carbocycles. The SMILES string of the molecule is Cn1ccc(C(=O)N2CCC(C(=O)N3N=CCC3c3ccccc3)CC2)n1. The number of hydrogen-bond acceptors (Lipinski definition) is 4. The Morgan fingerprint density at radius 1 is 1.07 bits per heavy atom. The molecule has 2 aliphatic heterocycles. The molecule has 0 bridgehead atoms. The maximum Gasteiger partial charge on any atom is 0.274 e. The maximum absolute atomic E-state index is 13.0. The average Bonchev–Trinajstić information content (AvgIpc) is 3.37. The number of rotatable bonds is 3. The third-order valence-corrected chi connectivity index (χ3v) is 5.30. The van der Waals surface area contributed by atoms with E-state index in [9.17, 15) is 9.59 Å². The Morgan fingerprint density at radius 3 is 2.48 bits per heavy atom. The molecule has 140 valence electrons. The predicted molar refractivity (Wildman–Crippen MR) is 101 cm³/mol. The van der Waals surface area contributed by atoms with Gasteiger partial charge in [0.15, 0.2) is 0 Å². The molecule has 7 nitrogen and oxygen atoms in total. The van der Waals surface area contributed by atoms with Crippen LogP contribution in [-0.2, 0) is 11.8 Å². The number of nitrogens with zero attached hydrogens (tertiary/aromatic N) is 5. The Balaban J connectivity index is 1.38. The van der Waals surface area contributed by atoms with Crippen molar-refractivity contribution < 1.29 is 9.59 Å². The van der Waals surface area contributed by atoms with Crippen LogP contribution in [0.4, 0.5) is 0 Å². The fourth-order valence-corrected chi connectivity index (χ4v) is 3.79. The highest BCUT2D eigenvalue weighted by Crippen LogP contribution is 2.31. The first-order chi connectivity index (χ1) is 13.1. The Bertz CT molecular complexity index is 852. The smallest absolute Gasteiger partial charge is 0.274 e. The minimum atomic E-state index is -0.0979. The molecule has 1 unspecified atom stereocenters. The topological polar surface area (TPSA) is 70.8 Å². The third kappa shape index (κ3) is 3.49. The van der Waals surface area contributed by atoms with Gasteiger partial charge in [0.25, 0.3) is 5.91 Å². The molecular formula is C20H23N5O2. The number of piperidine rings is 1. The van der Waals surface area contributed by atoms with Crippen LogP contribution < -0.4 is 0 Å². The van der Waals surface area contributed by atoms with Crippen LogP contribution in [0.25, 0.3) is 0 Å². The Morgan fingerprint density at radius 2 is 1.81 bits per heavy atom. The van der Waals surface area contributed by atoms with Crippen LogP contribution in [0.1, 0.15) is 41.4 Å². The van der Waals surface area contributed by atoms with Gasteiger partial charge in [0.1, 0.15) is 5.69 Å². The van der Waals surface area contributed by atoms with Crippen LogP contribution in [0.2, 0.25) is 0 Å². The molecule has 27 heavy (non-hydrogen) atoms. The lowest BCUT2D eigenvalue weighted by atomic mass is 9.94. The van der Waals surface area contributed by atoms with Crippen LogP contribution >= 0.6 is 0 Å². The number of amides is 2. The van der Waals surface area contributed by atoms with Crippen molar-refractivity contribution in [3.63, 3.8) is 0 Å². The zero-order valence-electron chi connectivity index (χ0n) is 15.4. The van der Waals surface area contributed by atoms with Crippen LogP contribution in [0.5, 0.6) is 0 Å². The molecule has 1 saturated heterocycles. The molecule has 0 radical (unpaired) electrons. The number of carbonyl (C=O) groups excluding carboxylic acids is 2. The van der Waals surface area contributed by atoms with E-state index < -0.39 is 0 Å². The summed E-state index contributed by atoms with van der Waals surface area (Å²) in [5.74, 6) is -0.107. The Kier molecular flexibility index (Phi) is 4.75. The average molecular weight is 365 g/mol. The van der Waals surface area contributed by atoms with E-state index in [4.69, 9.17) is 0 Å². The van der Waals surface area contributed by atoms with E-state index in [1.165, 1.54) is 0 Å². The molecule has 2 aliphatic rings. The molecule has 2 aromatic rings. The highest BCUT2D eigenvalue weighted by atomic mass is 16.2. The van der Waals surface area contributed by atoms with Gasteiger partial charge in [0.2, 0.25) is 5.91 Å². The van der Waals surface area contributed by atoms with Crippen molar-refractivity contribution in [1.29, 1.82) is 0 Å². The molecule has 3 heterocycles. The van der Waals surface area contributed by atoms with Crippen LogP contribution in [-0.4, -0.2) is 50.8 Å². The van der Waals surface area contributed by atoms with Crippen molar-refractivity contribution in [3.05, 3.63) is 53.9 Å². The first-order valence-corrected chi connectivity index (χ1v) is 9.33. The molecule has 0 N–H and O–H groups in total. The van der Waals surface area contributed by atoms with E-state index in [0.29, 0.717) is 31.6 Å². The number of carbonyl (C=O) groups is 2. The lowest BCUT2D eigenvalue weighted by molar-refractivity contribution is -0.138. The summed E-state index contributed by atoms with van der Waals surface area (Å²) >= 11 is 0. The van der Waals surface area contributed by atoms with E-state index in [-0.39, 0.29) is 23.8 Å². The van der Waals surface area contributed by atoms with Gasteiger partial charge in [-0.3, -0.25) is 14.3 Å². The first-order valence-electron chi connectivity index (χ1n) is 9.33. The number of likely N-dealkylation sites (tertiary alicyclic amines) is 1. The number of aromatic nitrogens is 2. The minimum Gasteiger partial charge on any atom is -0.337 e. The molecule has 2 amide bonds.